The van der Waals surface area contributed by atoms with Crippen LogP contribution in [0.1, 0.15) is 44.8 Å². The van der Waals surface area contributed by atoms with Crippen LogP contribution in [-0.4, -0.2) is 39.6 Å². The number of allylic oxidation sites excluding steroid dienone is 2. The van der Waals surface area contributed by atoms with Gasteiger partial charge in [-0.3, -0.25) is 9.59 Å². The lowest BCUT2D eigenvalue weighted by Crippen LogP contribution is -2.49. The number of carbonyl (C=O) groups excluding carboxylic acids is 2. The second-order valence-corrected chi connectivity index (χ2v) is 8.72. The number of rotatable bonds is 5. The number of nitrogens with one attached hydrogen (secondary N) is 1. The van der Waals surface area contributed by atoms with Crippen LogP contribution in [0, 0.1) is 0 Å². The maximum atomic E-state index is 12.4. The highest BCUT2D eigenvalue weighted by Gasteiger charge is 2.46. The lowest BCUT2D eigenvalue weighted by Gasteiger charge is -2.32. The molecule has 1 aromatic rings. The molecule has 26 heavy (non-hydrogen) atoms. The normalized spacial score (nSPS) is 21.8. The number of aromatic nitrogens is 1. The van der Waals surface area contributed by atoms with Gasteiger partial charge in [-0.05, 0) is 19.1 Å². The second kappa shape index (κ2) is 6.79. The summed E-state index contributed by atoms with van der Waals surface area (Å²) in [7, 11) is 0. The van der Waals surface area contributed by atoms with E-state index in [2.05, 4.69) is 41.4 Å². The summed E-state index contributed by atoms with van der Waals surface area (Å²) in [4.78, 5) is 35.1. The van der Waals surface area contributed by atoms with E-state index >= 15 is 0 Å². The van der Waals surface area contributed by atoms with E-state index < -0.39 is 5.54 Å². The van der Waals surface area contributed by atoms with Crippen molar-refractivity contribution in [1.82, 2.24) is 15.2 Å². The highest BCUT2D eigenvalue weighted by atomic mass is 32.1. The van der Waals surface area contributed by atoms with Crippen molar-refractivity contribution < 1.29 is 9.59 Å². The van der Waals surface area contributed by atoms with E-state index in [1.54, 1.807) is 35.4 Å². The Labute approximate surface area is 157 Å². The first-order valence-electron chi connectivity index (χ1n) is 8.69. The van der Waals surface area contributed by atoms with Crippen LogP contribution >= 0.6 is 11.3 Å². The number of amidine groups is 1. The highest BCUT2D eigenvalue weighted by Crippen LogP contribution is 2.30. The molecule has 3 rings (SSSR count). The van der Waals surface area contributed by atoms with E-state index in [4.69, 9.17) is 0 Å². The van der Waals surface area contributed by atoms with Crippen molar-refractivity contribution in [2.75, 3.05) is 6.54 Å². The van der Waals surface area contributed by atoms with Gasteiger partial charge in [-0.25, -0.2) is 4.98 Å². The Hall–Kier alpha value is -2.28. The number of nitrogens with zero attached hydrogens (tertiary/aromatic N) is 3. The van der Waals surface area contributed by atoms with Crippen LogP contribution in [0.2, 0.25) is 0 Å². The van der Waals surface area contributed by atoms with Crippen LogP contribution < -0.4 is 5.32 Å². The second-order valence-electron chi connectivity index (χ2n) is 7.77. The van der Waals surface area contributed by atoms with Gasteiger partial charge in [-0.1, -0.05) is 26.8 Å². The molecule has 7 heteroatoms. The molecular weight excluding hydrogens is 348 g/mol. The standard InChI is InChI=1S/C19H24N4O2S/c1-18(2,3)13-12-26-16(21-13)8-9-20-15(24)11-19(4)17(25)22-14-7-5-6-10-23(14)19/h5-7,10,12H,8-9,11H2,1-4H3,(H,20,24)/t19-/m0/s1. The van der Waals surface area contributed by atoms with E-state index in [1.807, 2.05) is 12.2 Å². The minimum Gasteiger partial charge on any atom is -0.356 e. The summed E-state index contributed by atoms with van der Waals surface area (Å²) < 4.78 is 0. The molecule has 0 spiro atoms. The molecule has 2 amide bonds. The minimum atomic E-state index is -0.957. The predicted octanol–water partition coefficient (Wildman–Crippen LogP) is 2.57. The third-order valence-electron chi connectivity index (χ3n) is 4.53. The highest BCUT2D eigenvalue weighted by molar-refractivity contribution is 7.09. The molecular formula is C19H24N4O2S. The predicted molar refractivity (Wildman–Crippen MR) is 103 cm³/mol. The molecule has 0 bridgehead atoms. The molecule has 3 heterocycles. The van der Waals surface area contributed by atoms with Crippen molar-refractivity contribution in [3.05, 3.63) is 40.5 Å². The molecule has 0 fully saturated rings. The van der Waals surface area contributed by atoms with Gasteiger partial charge in [0.25, 0.3) is 5.91 Å². The summed E-state index contributed by atoms with van der Waals surface area (Å²) in [5, 5.41) is 5.98. The fourth-order valence-corrected chi connectivity index (χ4v) is 3.91. The van der Waals surface area contributed by atoms with Gasteiger partial charge in [0, 0.05) is 30.0 Å². The number of amides is 2. The molecule has 0 radical (unpaired) electrons. The first-order chi connectivity index (χ1) is 12.2. The maximum absolute atomic E-state index is 12.4. The van der Waals surface area contributed by atoms with Crippen LogP contribution in [0.25, 0.3) is 0 Å². The van der Waals surface area contributed by atoms with Gasteiger partial charge in [0.1, 0.15) is 11.4 Å². The Balaban J connectivity index is 1.53. The maximum Gasteiger partial charge on any atom is 0.274 e. The van der Waals surface area contributed by atoms with E-state index in [9.17, 15) is 9.59 Å². The van der Waals surface area contributed by atoms with E-state index in [-0.39, 0.29) is 23.7 Å². The van der Waals surface area contributed by atoms with Gasteiger partial charge < -0.3 is 10.2 Å². The minimum absolute atomic E-state index is 0.0313. The van der Waals surface area contributed by atoms with Crippen LogP contribution in [-0.2, 0) is 21.4 Å². The zero-order valence-corrected chi connectivity index (χ0v) is 16.4. The Kier molecular flexibility index (Phi) is 4.84. The Bertz CT molecular complexity index is 816. The quantitative estimate of drug-likeness (QED) is 0.862. The summed E-state index contributed by atoms with van der Waals surface area (Å²) >= 11 is 1.62. The zero-order valence-electron chi connectivity index (χ0n) is 15.6. The summed E-state index contributed by atoms with van der Waals surface area (Å²) in [5.41, 5.74) is 0.146. The van der Waals surface area contributed by atoms with Crippen molar-refractivity contribution in [2.45, 2.75) is 51.5 Å². The van der Waals surface area contributed by atoms with Crippen molar-refractivity contribution in [3.8, 4) is 0 Å². The molecule has 0 saturated heterocycles. The number of hydrogen-bond acceptors (Lipinski definition) is 5. The van der Waals surface area contributed by atoms with Gasteiger partial charge in [-0.2, -0.15) is 4.99 Å². The molecule has 0 unspecified atom stereocenters. The Morgan fingerprint density at radius 2 is 2.12 bits per heavy atom. The Morgan fingerprint density at radius 3 is 2.81 bits per heavy atom. The number of aliphatic imine (C=N–C) groups is 1. The number of hydrogen-bond donors (Lipinski definition) is 1. The SMILES string of the molecule is CC(C)(C)c1csc(CCNC(=O)C[C@@]2(C)C(=O)N=C3C=CC=CN32)n1. The molecule has 1 N–H and O–H groups in total. The average molecular weight is 372 g/mol. The molecule has 1 aromatic heterocycles. The van der Waals surface area contributed by atoms with Crippen LogP contribution in [0.5, 0.6) is 0 Å². The smallest absolute Gasteiger partial charge is 0.274 e. The van der Waals surface area contributed by atoms with Gasteiger partial charge in [-0.15, -0.1) is 11.3 Å². The van der Waals surface area contributed by atoms with Crippen molar-refractivity contribution in [2.24, 2.45) is 4.99 Å². The lowest BCUT2D eigenvalue weighted by atomic mass is 9.93. The first-order valence-corrected chi connectivity index (χ1v) is 9.57. The van der Waals surface area contributed by atoms with Crippen LogP contribution in [0.3, 0.4) is 0 Å². The fraction of sp³-hybridized carbons (Fsp3) is 0.474. The molecule has 138 valence electrons. The summed E-state index contributed by atoms with van der Waals surface area (Å²) in [6, 6.07) is 0. The average Bonchev–Trinajstić information content (AvgIpc) is 3.12. The lowest BCUT2D eigenvalue weighted by molar-refractivity contribution is -0.131. The van der Waals surface area contributed by atoms with Crippen LogP contribution in [0.4, 0.5) is 0 Å². The monoisotopic (exact) mass is 372 g/mol. The number of thiazole rings is 1. The van der Waals surface area contributed by atoms with Crippen molar-refractivity contribution >= 4 is 29.0 Å². The van der Waals surface area contributed by atoms with Gasteiger partial charge in [0.15, 0.2) is 0 Å². The fourth-order valence-electron chi connectivity index (χ4n) is 2.88. The summed E-state index contributed by atoms with van der Waals surface area (Å²) in [6.45, 7) is 8.66. The van der Waals surface area contributed by atoms with Crippen LogP contribution in [0.15, 0.2) is 34.8 Å². The largest absolute Gasteiger partial charge is 0.356 e. The Morgan fingerprint density at radius 1 is 1.35 bits per heavy atom. The zero-order chi connectivity index (χ0) is 18.9. The van der Waals surface area contributed by atoms with Crippen molar-refractivity contribution in [3.63, 3.8) is 0 Å². The van der Waals surface area contributed by atoms with Gasteiger partial charge >= 0.3 is 0 Å². The molecule has 1 atom stereocenters. The topological polar surface area (TPSA) is 74.7 Å². The molecule has 6 nitrogen and oxygen atoms in total. The number of carbonyl (C=O) groups is 2. The molecule has 2 aliphatic heterocycles. The van der Waals surface area contributed by atoms with E-state index in [0.29, 0.717) is 18.8 Å². The number of fused-ring (bicyclic) bond motifs is 1. The van der Waals surface area contributed by atoms with E-state index in [0.717, 1.165) is 10.7 Å². The third-order valence-corrected chi connectivity index (χ3v) is 5.44. The molecule has 0 aromatic carbocycles. The van der Waals surface area contributed by atoms with Gasteiger partial charge in [0.05, 0.1) is 17.1 Å². The molecule has 0 aliphatic carbocycles. The van der Waals surface area contributed by atoms with Crippen molar-refractivity contribution in [1.29, 1.82) is 0 Å². The molecule has 0 saturated carbocycles. The summed E-state index contributed by atoms with van der Waals surface area (Å²) in [6.07, 6.45) is 7.99. The molecule has 2 aliphatic rings. The first kappa shape index (κ1) is 18.5. The summed E-state index contributed by atoms with van der Waals surface area (Å²) in [5.74, 6) is 0.145. The van der Waals surface area contributed by atoms with E-state index in [1.165, 1.54) is 0 Å². The van der Waals surface area contributed by atoms with Gasteiger partial charge in [0.2, 0.25) is 5.91 Å². The third kappa shape index (κ3) is 3.62.